The van der Waals surface area contributed by atoms with Crippen LogP contribution in [0.3, 0.4) is 0 Å². The molecule has 0 fully saturated rings. The van der Waals surface area contributed by atoms with Gasteiger partial charge in [0.15, 0.2) is 0 Å². The van der Waals surface area contributed by atoms with Crippen molar-refractivity contribution in [3.05, 3.63) is 94.9 Å². The Morgan fingerprint density at radius 1 is 1.14 bits per heavy atom. The van der Waals surface area contributed by atoms with Crippen LogP contribution < -0.4 is 5.32 Å². The number of hydrogen-bond donors (Lipinski definition) is 2. The van der Waals surface area contributed by atoms with Gasteiger partial charge in [0.2, 0.25) is 0 Å². The molecule has 6 heteroatoms. The van der Waals surface area contributed by atoms with Gasteiger partial charge < -0.3 is 19.6 Å². The molecule has 6 nitrogen and oxygen atoms in total. The van der Waals surface area contributed by atoms with Crippen LogP contribution in [0.5, 0.6) is 0 Å². The molecule has 2 heterocycles. The average Bonchev–Trinajstić information content (AvgIpc) is 3.27. The summed E-state index contributed by atoms with van der Waals surface area (Å²) in [6.07, 6.45) is 0.669. The van der Waals surface area contributed by atoms with Crippen LogP contribution in [-0.4, -0.2) is 23.5 Å². The Balaban J connectivity index is 1.48. The van der Waals surface area contributed by atoms with Crippen molar-refractivity contribution in [3.8, 4) is 0 Å². The summed E-state index contributed by atoms with van der Waals surface area (Å²) in [7, 11) is 0. The number of aliphatic hydroxyl groups excluding tert-OH is 1. The first-order valence-electron chi connectivity index (χ1n) is 9.00. The zero-order valence-electron chi connectivity index (χ0n) is 15.0. The predicted molar refractivity (Wildman–Crippen MR) is 101 cm³/mol. The van der Waals surface area contributed by atoms with Crippen molar-refractivity contribution in [2.24, 2.45) is 0 Å². The number of ether oxygens (including phenoxy) is 1. The van der Waals surface area contributed by atoms with Crippen molar-refractivity contribution in [1.82, 2.24) is 5.32 Å². The monoisotopic (exact) mass is 377 g/mol. The highest BCUT2D eigenvalue weighted by Gasteiger charge is 2.28. The van der Waals surface area contributed by atoms with Crippen molar-refractivity contribution >= 4 is 11.9 Å². The van der Waals surface area contributed by atoms with E-state index in [1.54, 1.807) is 30.3 Å². The second-order valence-electron chi connectivity index (χ2n) is 6.62. The van der Waals surface area contributed by atoms with Crippen molar-refractivity contribution in [2.45, 2.75) is 18.6 Å². The first-order valence-corrected chi connectivity index (χ1v) is 9.00. The van der Waals surface area contributed by atoms with Crippen LogP contribution in [0.4, 0.5) is 0 Å². The molecule has 142 valence electrons. The van der Waals surface area contributed by atoms with Crippen LogP contribution in [0.25, 0.3) is 0 Å². The molecule has 4 rings (SSSR count). The molecule has 1 aromatic heterocycles. The smallest absolute Gasteiger partial charge is 0.339 e. The van der Waals surface area contributed by atoms with E-state index < -0.39 is 12.1 Å². The molecule has 0 saturated carbocycles. The number of cyclic esters (lactones) is 1. The molecule has 2 unspecified atom stereocenters. The maximum absolute atomic E-state index is 12.5. The van der Waals surface area contributed by atoms with E-state index >= 15 is 0 Å². The number of rotatable bonds is 5. The third kappa shape index (κ3) is 3.68. The van der Waals surface area contributed by atoms with Crippen molar-refractivity contribution in [2.75, 3.05) is 6.54 Å². The van der Waals surface area contributed by atoms with Gasteiger partial charge in [0.05, 0.1) is 18.4 Å². The van der Waals surface area contributed by atoms with E-state index in [4.69, 9.17) is 9.15 Å². The standard InChI is InChI=1S/C22H19NO5/c24-18(19-7-4-10-27-19)13-23-21(25)15-8-9-17-16(11-15)12-20(28-22(17)26)14-5-2-1-3-6-14/h1-11,18,20,24H,12-13H2,(H,23,25). The zero-order valence-corrected chi connectivity index (χ0v) is 15.0. The predicted octanol–water partition coefficient (Wildman–Crippen LogP) is 3.20. The number of carbonyl (C=O) groups is 2. The third-order valence-corrected chi connectivity index (χ3v) is 4.74. The lowest BCUT2D eigenvalue weighted by Crippen LogP contribution is -2.29. The highest BCUT2D eigenvalue weighted by Crippen LogP contribution is 2.31. The minimum absolute atomic E-state index is 0.0259. The van der Waals surface area contributed by atoms with Crippen LogP contribution in [0.2, 0.25) is 0 Å². The number of nitrogens with one attached hydrogen (secondary N) is 1. The molecule has 0 saturated heterocycles. The fraction of sp³-hybridized carbons (Fsp3) is 0.182. The third-order valence-electron chi connectivity index (χ3n) is 4.74. The maximum atomic E-state index is 12.5. The van der Waals surface area contributed by atoms with Crippen molar-refractivity contribution in [3.63, 3.8) is 0 Å². The van der Waals surface area contributed by atoms with Gasteiger partial charge >= 0.3 is 5.97 Å². The molecule has 0 bridgehead atoms. The number of hydrogen-bond acceptors (Lipinski definition) is 5. The van der Waals surface area contributed by atoms with E-state index in [9.17, 15) is 14.7 Å². The molecule has 2 aromatic carbocycles. The van der Waals surface area contributed by atoms with Gasteiger partial charge in [0.25, 0.3) is 5.91 Å². The largest absolute Gasteiger partial charge is 0.467 e. The molecule has 3 aromatic rings. The number of esters is 1. The number of furan rings is 1. The van der Waals surface area contributed by atoms with E-state index in [2.05, 4.69) is 5.32 Å². The lowest BCUT2D eigenvalue weighted by molar-refractivity contribution is 0.0252. The van der Waals surface area contributed by atoms with Gasteiger partial charge in [-0.2, -0.15) is 0 Å². The van der Waals surface area contributed by atoms with Gasteiger partial charge in [0, 0.05) is 12.0 Å². The van der Waals surface area contributed by atoms with Gasteiger partial charge in [-0.3, -0.25) is 4.79 Å². The quantitative estimate of drug-likeness (QED) is 0.667. The van der Waals surface area contributed by atoms with E-state index in [0.29, 0.717) is 23.3 Å². The average molecular weight is 377 g/mol. The molecule has 1 aliphatic heterocycles. The first kappa shape index (κ1) is 18.0. The number of benzene rings is 2. The fourth-order valence-electron chi connectivity index (χ4n) is 3.26. The van der Waals surface area contributed by atoms with E-state index in [1.807, 2.05) is 30.3 Å². The second-order valence-corrected chi connectivity index (χ2v) is 6.62. The summed E-state index contributed by atoms with van der Waals surface area (Å²) in [6, 6.07) is 17.7. The molecule has 1 amide bonds. The molecule has 2 N–H and O–H groups in total. The summed E-state index contributed by atoms with van der Waals surface area (Å²) in [5, 5.41) is 12.7. The Kier molecular flexibility index (Phi) is 4.95. The van der Waals surface area contributed by atoms with Crippen LogP contribution >= 0.6 is 0 Å². The lowest BCUT2D eigenvalue weighted by Gasteiger charge is -2.25. The van der Waals surface area contributed by atoms with Gasteiger partial charge in [-0.15, -0.1) is 0 Å². The topological polar surface area (TPSA) is 88.8 Å². The van der Waals surface area contributed by atoms with Gasteiger partial charge in [-0.1, -0.05) is 30.3 Å². The molecule has 0 aliphatic carbocycles. The van der Waals surface area contributed by atoms with Crippen LogP contribution in [0.1, 0.15) is 49.8 Å². The van der Waals surface area contributed by atoms with Gasteiger partial charge in [0.1, 0.15) is 18.0 Å². The number of fused-ring (bicyclic) bond motifs is 1. The van der Waals surface area contributed by atoms with E-state index in [0.717, 1.165) is 11.1 Å². The summed E-state index contributed by atoms with van der Waals surface area (Å²) in [6.45, 7) is 0.0259. The van der Waals surface area contributed by atoms with Crippen LogP contribution in [-0.2, 0) is 11.2 Å². The normalized spacial score (nSPS) is 16.8. The highest BCUT2D eigenvalue weighted by molar-refractivity contribution is 5.97. The highest BCUT2D eigenvalue weighted by atomic mass is 16.5. The molecule has 28 heavy (non-hydrogen) atoms. The van der Waals surface area contributed by atoms with Gasteiger partial charge in [-0.25, -0.2) is 4.79 Å². The second kappa shape index (κ2) is 7.70. The first-order chi connectivity index (χ1) is 13.6. The number of aliphatic hydroxyl groups is 1. The maximum Gasteiger partial charge on any atom is 0.339 e. The zero-order chi connectivity index (χ0) is 19.5. The molecule has 2 atom stereocenters. The summed E-state index contributed by atoms with van der Waals surface area (Å²) < 4.78 is 10.7. The molecule has 1 aliphatic rings. The molecular formula is C22H19NO5. The van der Waals surface area contributed by atoms with Crippen molar-refractivity contribution < 1.29 is 23.8 Å². The van der Waals surface area contributed by atoms with E-state index in [1.165, 1.54) is 6.26 Å². The summed E-state index contributed by atoms with van der Waals surface area (Å²) >= 11 is 0. The number of carbonyl (C=O) groups excluding carboxylic acids is 2. The Morgan fingerprint density at radius 2 is 1.96 bits per heavy atom. The van der Waals surface area contributed by atoms with E-state index in [-0.39, 0.29) is 18.6 Å². The van der Waals surface area contributed by atoms with Crippen LogP contribution in [0.15, 0.2) is 71.3 Å². The molecule has 0 spiro atoms. The Labute approximate surface area is 161 Å². The van der Waals surface area contributed by atoms with Gasteiger partial charge in [-0.05, 0) is 41.5 Å². The van der Waals surface area contributed by atoms with Crippen LogP contribution in [0, 0.1) is 0 Å². The number of amides is 1. The molecular weight excluding hydrogens is 358 g/mol. The minimum Gasteiger partial charge on any atom is -0.467 e. The fourth-order valence-corrected chi connectivity index (χ4v) is 3.26. The summed E-state index contributed by atoms with van der Waals surface area (Å²) in [5.74, 6) is -0.335. The van der Waals surface area contributed by atoms with Crippen molar-refractivity contribution in [1.29, 1.82) is 0 Å². The summed E-state index contributed by atoms with van der Waals surface area (Å²) in [4.78, 5) is 24.8. The minimum atomic E-state index is -0.922. The lowest BCUT2D eigenvalue weighted by atomic mass is 9.93. The Bertz CT molecular complexity index is 981. The summed E-state index contributed by atoms with van der Waals surface area (Å²) in [5.41, 5.74) is 2.58. The Hall–Kier alpha value is -3.38. The SMILES string of the molecule is O=C(NCC(O)c1ccco1)c1ccc2c(c1)CC(c1ccccc1)OC2=O. The molecule has 0 radical (unpaired) electrons. The Morgan fingerprint density at radius 3 is 2.71 bits per heavy atom.